The predicted molar refractivity (Wildman–Crippen MR) is 67.3 cm³/mol. The normalized spacial score (nSPS) is 16.3. The maximum absolute atomic E-state index is 12.3. The van der Waals surface area contributed by atoms with Crippen LogP contribution in [-0.4, -0.2) is 42.1 Å². The molecule has 19 heavy (non-hydrogen) atoms. The maximum Gasteiger partial charge on any atom is 0.408 e. The van der Waals surface area contributed by atoms with E-state index in [0.29, 0.717) is 10.4 Å². The summed E-state index contributed by atoms with van der Waals surface area (Å²) in [6.45, 7) is 0.155. The second-order valence-corrected chi connectivity index (χ2v) is 5.14. The molecule has 2 heterocycles. The van der Waals surface area contributed by atoms with Crippen LogP contribution in [0.25, 0.3) is 0 Å². The van der Waals surface area contributed by atoms with Crippen molar-refractivity contribution in [3.8, 4) is 0 Å². The van der Waals surface area contributed by atoms with E-state index < -0.39 is 18.3 Å². The molecule has 5 nitrogen and oxygen atoms in total. The van der Waals surface area contributed by atoms with Crippen LogP contribution in [0.3, 0.4) is 0 Å². The standard InChI is InChI=1S/C10H12BrF3N4O/c1-17(6-2-15-3-6)7-4-16-18(5-10(12,13)14)9(19)8(7)11/h4,6,15H,2-3,5H2,1H3. The Morgan fingerprint density at radius 1 is 1.58 bits per heavy atom. The van der Waals surface area contributed by atoms with E-state index in [1.807, 2.05) is 4.90 Å². The molecule has 0 aliphatic carbocycles. The highest BCUT2D eigenvalue weighted by Crippen LogP contribution is 2.24. The first-order valence-electron chi connectivity index (χ1n) is 5.55. The fourth-order valence-electron chi connectivity index (χ4n) is 1.73. The summed E-state index contributed by atoms with van der Waals surface area (Å²) in [7, 11) is 1.78. The highest BCUT2D eigenvalue weighted by atomic mass is 79.9. The van der Waals surface area contributed by atoms with Crippen molar-refractivity contribution in [2.24, 2.45) is 0 Å². The van der Waals surface area contributed by atoms with E-state index in [2.05, 4.69) is 26.3 Å². The van der Waals surface area contributed by atoms with E-state index in [1.54, 1.807) is 7.05 Å². The first-order valence-corrected chi connectivity index (χ1v) is 6.35. The summed E-state index contributed by atoms with van der Waals surface area (Å²) < 4.78 is 37.3. The first kappa shape index (κ1) is 14.3. The van der Waals surface area contributed by atoms with Crippen LogP contribution < -0.4 is 15.8 Å². The highest BCUT2D eigenvalue weighted by Gasteiger charge is 2.30. The molecule has 1 aliphatic rings. The Labute approximate surface area is 115 Å². The summed E-state index contributed by atoms with van der Waals surface area (Å²) in [5.41, 5.74) is -0.288. The third-order valence-electron chi connectivity index (χ3n) is 2.98. The van der Waals surface area contributed by atoms with Gasteiger partial charge in [-0.05, 0) is 15.9 Å². The second kappa shape index (κ2) is 5.12. The number of nitrogens with one attached hydrogen (secondary N) is 1. The van der Waals surface area contributed by atoms with Gasteiger partial charge in [0.15, 0.2) is 0 Å². The lowest BCUT2D eigenvalue weighted by atomic mass is 10.1. The summed E-state index contributed by atoms with van der Waals surface area (Å²) in [6.07, 6.45) is -3.20. The number of alkyl halides is 3. The summed E-state index contributed by atoms with van der Waals surface area (Å²) >= 11 is 3.06. The minimum atomic E-state index is -4.47. The van der Waals surface area contributed by atoms with Crippen LogP contribution in [0, 0.1) is 0 Å². The van der Waals surface area contributed by atoms with Gasteiger partial charge in [0.25, 0.3) is 5.56 Å². The van der Waals surface area contributed by atoms with Crippen molar-refractivity contribution in [2.75, 3.05) is 25.0 Å². The zero-order chi connectivity index (χ0) is 14.2. The molecule has 1 aliphatic heterocycles. The molecule has 0 unspecified atom stereocenters. The fourth-order valence-corrected chi connectivity index (χ4v) is 2.32. The number of hydrogen-bond acceptors (Lipinski definition) is 4. The predicted octanol–water partition coefficient (Wildman–Crippen LogP) is 0.976. The SMILES string of the molecule is CN(c1cnn(CC(F)(F)F)c(=O)c1Br)C1CNC1. The average molecular weight is 341 g/mol. The van der Waals surface area contributed by atoms with E-state index in [0.717, 1.165) is 13.1 Å². The molecule has 1 saturated heterocycles. The van der Waals surface area contributed by atoms with E-state index in [1.165, 1.54) is 6.20 Å². The van der Waals surface area contributed by atoms with Crippen LogP contribution >= 0.6 is 15.9 Å². The number of hydrogen-bond donors (Lipinski definition) is 1. The van der Waals surface area contributed by atoms with Gasteiger partial charge in [-0.3, -0.25) is 4.79 Å². The van der Waals surface area contributed by atoms with Crippen molar-refractivity contribution in [1.29, 1.82) is 0 Å². The van der Waals surface area contributed by atoms with Crippen LogP contribution in [0.1, 0.15) is 0 Å². The molecule has 9 heteroatoms. The highest BCUT2D eigenvalue weighted by molar-refractivity contribution is 9.10. The zero-order valence-electron chi connectivity index (χ0n) is 10.0. The number of nitrogens with zero attached hydrogens (tertiary/aromatic N) is 3. The number of aromatic nitrogens is 2. The van der Waals surface area contributed by atoms with Gasteiger partial charge in [0.2, 0.25) is 0 Å². The van der Waals surface area contributed by atoms with Crippen molar-refractivity contribution >= 4 is 21.6 Å². The first-order chi connectivity index (χ1) is 8.79. The number of halogens is 4. The van der Waals surface area contributed by atoms with E-state index in [9.17, 15) is 18.0 Å². The summed E-state index contributed by atoms with van der Waals surface area (Å²) in [6, 6.07) is 0.218. The van der Waals surface area contributed by atoms with Gasteiger partial charge >= 0.3 is 6.18 Å². The monoisotopic (exact) mass is 340 g/mol. The van der Waals surface area contributed by atoms with Gasteiger partial charge in [0, 0.05) is 20.1 Å². The Bertz CT molecular complexity index is 526. The average Bonchev–Trinajstić information content (AvgIpc) is 2.20. The van der Waals surface area contributed by atoms with Crippen molar-refractivity contribution in [3.05, 3.63) is 21.0 Å². The molecule has 1 aromatic heterocycles. The Morgan fingerprint density at radius 2 is 2.21 bits per heavy atom. The molecule has 1 N–H and O–H groups in total. The summed E-state index contributed by atoms with van der Waals surface area (Å²) in [4.78, 5) is 13.6. The van der Waals surface area contributed by atoms with Crippen LogP contribution in [-0.2, 0) is 6.54 Å². The molecule has 2 rings (SSSR count). The Hall–Kier alpha value is -1.09. The minimum absolute atomic E-state index is 0.0983. The quantitative estimate of drug-likeness (QED) is 0.891. The van der Waals surface area contributed by atoms with Crippen LogP contribution in [0.15, 0.2) is 15.5 Å². The molecule has 1 aromatic rings. The molecular weight excluding hydrogens is 329 g/mol. The van der Waals surface area contributed by atoms with Gasteiger partial charge in [-0.15, -0.1) is 0 Å². The van der Waals surface area contributed by atoms with E-state index in [-0.39, 0.29) is 10.5 Å². The van der Waals surface area contributed by atoms with Gasteiger partial charge < -0.3 is 10.2 Å². The molecular formula is C10H12BrF3N4O. The Kier molecular flexibility index (Phi) is 3.86. The molecule has 0 amide bonds. The Balaban J connectivity index is 2.29. The van der Waals surface area contributed by atoms with Crippen molar-refractivity contribution < 1.29 is 13.2 Å². The minimum Gasteiger partial charge on any atom is -0.367 e. The van der Waals surface area contributed by atoms with E-state index in [4.69, 9.17) is 0 Å². The molecule has 0 spiro atoms. The largest absolute Gasteiger partial charge is 0.408 e. The van der Waals surface area contributed by atoms with E-state index >= 15 is 0 Å². The third-order valence-corrected chi connectivity index (χ3v) is 3.73. The van der Waals surface area contributed by atoms with Crippen LogP contribution in [0.5, 0.6) is 0 Å². The zero-order valence-corrected chi connectivity index (χ0v) is 11.6. The molecule has 0 aromatic carbocycles. The van der Waals surface area contributed by atoms with Gasteiger partial charge in [-0.25, -0.2) is 4.68 Å². The lowest BCUT2D eigenvalue weighted by Crippen LogP contribution is -2.56. The number of rotatable bonds is 3. The van der Waals surface area contributed by atoms with Crippen LogP contribution in [0.4, 0.5) is 18.9 Å². The van der Waals surface area contributed by atoms with Gasteiger partial charge in [-0.2, -0.15) is 18.3 Å². The third kappa shape index (κ3) is 3.08. The summed E-state index contributed by atoms with van der Waals surface area (Å²) in [5.74, 6) is 0. The van der Waals surface area contributed by atoms with Crippen LogP contribution in [0.2, 0.25) is 0 Å². The number of likely N-dealkylation sites (N-methyl/N-ethyl adjacent to an activating group) is 1. The second-order valence-electron chi connectivity index (χ2n) is 4.34. The molecule has 0 radical (unpaired) electrons. The molecule has 0 bridgehead atoms. The van der Waals surface area contributed by atoms with Crippen molar-refractivity contribution in [3.63, 3.8) is 0 Å². The summed E-state index contributed by atoms with van der Waals surface area (Å²) in [5, 5.41) is 6.66. The lowest BCUT2D eigenvalue weighted by molar-refractivity contribution is -0.143. The Morgan fingerprint density at radius 3 is 2.68 bits per heavy atom. The molecule has 1 fully saturated rings. The van der Waals surface area contributed by atoms with Crippen molar-refractivity contribution in [2.45, 2.75) is 18.8 Å². The smallest absolute Gasteiger partial charge is 0.367 e. The topological polar surface area (TPSA) is 50.2 Å². The molecule has 106 valence electrons. The molecule has 0 atom stereocenters. The molecule has 0 saturated carbocycles. The fraction of sp³-hybridized carbons (Fsp3) is 0.600. The van der Waals surface area contributed by atoms with Gasteiger partial charge in [0.05, 0.1) is 17.9 Å². The van der Waals surface area contributed by atoms with Gasteiger partial charge in [0.1, 0.15) is 11.0 Å². The lowest BCUT2D eigenvalue weighted by Gasteiger charge is -2.37. The van der Waals surface area contributed by atoms with Crippen molar-refractivity contribution in [1.82, 2.24) is 15.1 Å². The van der Waals surface area contributed by atoms with Gasteiger partial charge in [-0.1, -0.05) is 0 Å². The maximum atomic E-state index is 12.3. The number of anilines is 1.